The maximum absolute atomic E-state index is 3.46. The van der Waals surface area contributed by atoms with Gasteiger partial charge in [0.05, 0.1) is 0 Å². The molecule has 27 heavy (non-hydrogen) atoms. The van der Waals surface area contributed by atoms with E-state index in [2.05, 4.69) is 42.5 Å². The van der Waals surface area contributed by atoms with Crippen molar-refractivity contribution in [2.45, 2.75) is 19.3 Å². The molecule has 0 saturated carbocycles. The second kappa shape index (κ2) is 22.0. The van der Waals surface area contributed by atoms with E-state index in [1.807, 2.05) is 0 Å². The van der Waals surface area contributed by atoms with Crippen molar-refractivity contribution < 1.29 is 0 Å². The van der Waals surface area contributed by atoms with Gasteiger partial charge in [0.15, 0.2) is 0 Å². The van der Waals surface area contributed by atoms with Gasteiger partial charge in [-0.05, 0) is 58.5 Å². The van der Waals surface area contributed by atoms with E-state index in [-0.39, 0.29) is 0 Å². The standard InChI is InChI=1S/C11H26N4.C8H20N4/c1-4-12-6-2-8-14-10-11-15-9-3-7-13-5-1;1-2-10-5-6-12-8-7-11-4-3-9-1/h12-15H,1-11H2;9-12H,1-8H2. The molecule has 2 aliphatic rings. The van der Waals surface area contributed by atoms with Gasteiger partial charge >= 0.3 is 0 Å². The largest absolute Gasteiger partial charge is 0.317 e. The van der Waals surface area contributed by atoms with Crippen LogP contribution in [0.15, 0.2) is 0 Å². The van der Waals surface area contributed by atoms with Gasteiger partial charge in [-0.2, -0.15) is 0 Å². The molecule has 0 spiro atoms. The molecule has 2 aliphatic heterocycles. The van der Waals surface area contributed by atoms with Gasteiger partial charge in [-0.1, -0.05) is 0 Å². The summed E-state index contributed by atoms with van der Waals surface area (Å²) in [6, 6.07) is 0. The topological polar surface area (TPSA) is 96.2 Å². The Bertz CT molecular complexity index is 179. The van der Waals surface area contributed by atoms with E-state index in [0.29, 0.717) is 0 Å². The molecule has 8 nitrogen and oxygen atoms in total. The molecule has 0 bridgehead atoms. The molecule has 0 amide bonds. The maximum atomic E-state index is 3.46. The average Bonchev–Trinajstić information content (AvgIpc) is 2.68. The monoisotopic (exact) mass is 386 g/mol. The van der Waals surface area contributed by atoms with E-state index >= 15 is 0 Å². The zero-order valence-electron chi connectivity index (χ0n) is 17.4. The first-order valence-corrected chi connectivity index (χ1v) is 11.2. The number of rotatable bonds is 0. The first-order valence-electron chi connectivity index (χ1n) is 11.2. The Morgan fingerprint density at radius 1 is 0.185 bits per heavy atom. The Labute approximate surface area is 167 Å². The summed E-state index contributed by atoms with van der Waals surface area (Å²) in [7, 11) is 0. The van der Waals surface area contributed by atoms with Crippen LogP contribution in [0.25, 0.3) is 0 Å². The molecule has 8 N–H and O–H groups in total. The van der Waals surface area contributed by atoms with Gasteiger partial charge in [0.25, 0.3) is 0 Å². The minimum absolute atomic E-state index is 1.07. The van der Waals surface area contributed by atoms with E-state index in [9.17, 15) is 0 Å². The van der Waals surface area contributed by atoms with Gasteiger partial charge in [-0.3, -0.25) is 0 Å². The molecule has 0 aromatic heterocycles. The van der Waals surface area contributed by atoms with Gasteiger partial charge in [0.2, 0.25) is 0 Å². The minimum Gasteiger partial charge on any atom is -0.317 e. The van der Waals surface area contributed by atoms with Gasteiger partial charge in [-0.25, -0.2) is 0 Å². The van der Waals surface area contributed by atoms with E-state index in [1.54, 1.807) is 0 Å². The normalized spacial score (nSPS) is 24.0. The van der Waals surface area contributed by atoms with Crippen molar-refractivity contribution in [3.8, 4) is 0 Å². The summed E-state index contributed by atoms with van der Waals surface area (Å²) in [5, 5.41) is 27.2. The number of hydrogen-bond donors (Lipinski definition) is 8. The molecule has 162 valence electrons. The van der Waals surface area contributed by atoms with E-state index in [4.69, 9.17) is 0 Å². The maximum Gasteiger partial charge on any atom is 0.00772 e. The Kier molecular flexibility index (Phi) is 20.1. The lowest BCUT2D eigenvalue weighted by Crippen LogP contribution is -2.39. The van der Waals surface area contributed by atoms with Crippen LogP contribution in [0, 0.1) is 0 Å². The molecule has 2 heterocycles. The summed E-state index contributed by atoms with van der Waals surface area (Å²) in [6.07, 6.45) is 3.70. The third-order valence-electron chi connectivity index (χ3n) is 4.51. The highest BCUT2D eigenvalue weighted by Gasteiger charge is 1.94. The Morgan fingerprint density at radius 3 is 0.556 bits per heavy atom. The lowest BCUT2D eigenvalue weighted by molar-refractivity contribution is 0.534. The molecule has 0 atom stereocenters. The van der Waals surface area contributed by atoms with Gasteiger partial charge in [-0.15, -0.1) is 0 Å². The van der Waals surface area contributed by atoms with Crippen LogP contribution in [-0.4, -0.2) is 105 Å². The van der Waals surface area contributed by atoms with Crippen LogP contribution in [0.4, 0.5) is 0 Å². The van der Waals surface area contributed by atoms with Gasteiger partial charge < -0.3 is 42.5 Å². The van der Waals surface area contributed by atoms with Crippen LogP contribution in [0.5, 0.6) is 0 Å². The molecular weight excluding hydrogens is 340 g/mol. The third-order valence-corrected chi connectivity index (χ3v) is 4.51. The van der Waals surface area contributed by atoms with Gasteiger partial charge in [0.1, 0.15) is 0 Å². The summed E-state index contributed by atoms with van der Waals surface area (Å²) >= 11 is 0. The van der Waals surface area contributed by atoms with E-state index in [0.717, 1.165) is 105 Å². The second-order valence-electron chi connectivity index (χ2n) is 7.06. The van der Waals surface area contributed by atoms with Crippen molar-refractivity contribution in [2.75, 3.05) is 105 Å². The Balaban J connectivity index is 0.000000277. The van der Waals surface area contributed by atoms with Crippen molar-refractivity contribution in [1.82, 2.24) is 42.5 Å². The first-order chi connectivity index (χ1) is 13.5. The Hall–Kier alpha value is -0.320. The summed E-state index contributed by atoms with van der Waals surface area (Å²) in [5.41, 5.74) is 0. The molecule has 0 aromatic carbocycles. The molecule has 8 heteroatoms. The number of nitrogens with one attached hydrogen (secondary N) is 8. The first kappa shape index (κ1) is 24.7. The summed E-state index contributed by atoms with van der Waals surface area (Å²) in [5.74, 6) is 0. The fourth-order valence-electron chi connectivity index (χ4n) is 2.90. The van der Waals surface area contributed by atoms with Crippen molar-refractivity contribution in [1.29, 1.82) is 0 Å². The fraction of sp³-hybridized carbons (Fsp3) is 1.00. The minimum atomic E-state index is 1.07. The highest BCUT2D eigenvalue weighted by molar-refractivity contribution is 4.60. The van der Waals surface area contributed by atoms with Crippen molar-refractivity contribution in [2.24, 2.45) is 0 Å². The van der Waals surface area contributed by atoms with E-state index in [1.165, 1.54) is 19.3 Å². The molecule has 2 rings (SSSR count). The van der Waals surface area contributed by atoms with Crippen LogP contribution in [0.1, 0.15) is 19.3 Å². The smallest absolute Gasteiger partial charge is 0.00772 e. The molecule has 2 saturated heterocycles. The average molecular weight is 387 g/mol. The highest BCUT2D eigenvalue weighted by atomic mass is 15.0. The van der Waals surface area contributed by atoms with Crippen LogP contribution < -0.4 is 42.5 Å². The predicted molar refractivity (Wildman–Crippen MR) is 117 cm³/mol. The van der Waals surface area contributed by atoms with Crippen LogP contribution in [0.3, 0.4) is 0 Å². The zero-order chi connectivity index (χ0) is 19.1. The number of hydrogen-bond acceptors (Lipinski definition) is 8. The van der Waals surface area contributed by atoms with Crippen LogP contribution in [0.2, 0.25) is 0 Å². The highest BCUT2D eigenvalue weighted by Crippen LogP contribution is 1.80. The molecular formula is C19H46N8. The van der Waals surface area contributed by atoms with E-state index < -0.39 is 0 Å². The molecule has 0 aromatic rings. The molecule has 0 aliphatic carbocycles. The fourth-order valence-corrected chi connectivity index (χ4v) is 2.90. The summed E-state index contributed by atoms with van der Waals surface area (Å²) in [6.45, 7) is 17.6. The van der Waals surface area contributed by atoms with Crippen molar-refractivity contribution >= 4 is 0 Å². The molecule has 2 fully saturated rings. The second-order valence-corrected chi connectivity index (χ2v) is 7.06. The molecule has 0 unspecified atom stereocenters. The van der Waals surface area contributed by atoms with Crippen molar-refractivity contribution in [3.05, 3.63) is 0 Å². The zero-order valence-corrected chi connectivity index (χ0v) is 17.4. The van der Waals surface area contributed by atoms with Crippen LogP contribution >= 0.6 is 0 Å². The third kappa shape index (κ3) is 20.2. The quantitative estimate of drug-likeness (QED) is 0.240. The lowest BCUT2D eigenvalue weighted by Gasteiger charge is -2.11. The van der Waals surface area contributed by atoms with Crippen LogP contribution in [-0.2, 0) is 0 Å². The lowest BCUT2D eigenvalue weighted by atomic mass is 10.3. The summed E-state index contributed by atoms with van der Waals surface area (Å²) in [4.78, 5) is 0. The predicted octanol–water partition coefficient (Wildman–Crippen LogP) is -2.11. The molecule has 0 radical (unpaired) electrons. The summed E-state index contributed by atoms with van der Waals surface area (Å²) < 4.78 is 0. The Morgan fingerprint density at radius 2 is 0.333 bits per heavy atom. The van der Waals surface area contributed by atoms with Gasteiger partial charge in [0, 0.05) is 65.4 Å². The SMILES string of the molecule is C1CNCCCNCCNCCCNC1.C1CNCCNCCNCCN1. The van der Waals surface area contributed by atoms with Crippen molar-refractivity contribution in [3.63, 3.8) is 0 Å².